The number of nitrogens with zero attached hydrogens (tertiary/aromatic N) is 2. The third kappa shape index (κ3) is 4.59. The van der Waals surface area contributed by atoms with Gasteiger partial charge in [-0.05, 0) is 74.2 Å². The summed E-state index contributed by atoms with van der Waals surface area (Å²) in [6.07, 6.45) is 3.75. The minimum absolute atomic E-state index is 0.0363. The first-order chi connectivity index (χ1) is 16.2. The van der Waals surface area contributed by atoms with Gasteiger partial charge in [0.25, 0.3) is 16.0 Å². The first-order valence-corrected chi connectivity index (χ1v) is 13.5. The number of aryl methyl sites for hydroxylation is 1. The molecule has 0 saturated carbocycles. The Balaban J connectivity index is 1.51. The van der Waals surface area contributed by atoms with Crippen LogP contribution in [0.15, 0.2) is 53.6 Å². The molecule has 1 unspecified atom stereocenters. The lowest BCUT2D eigenvalue weighted by Gasteiger charge is -2.45. The van der Waals surface area contributed by atoms with Gasteiger partial charge in [-0.15, -0.1) is 0 Å². The third-order valence-corrected chi connectivity index (χ3v) is 8.90. The molecule has 2 N–H and O–H groups in total. The Labute approximate surface area is 202 Å². The van der Waals surface area contributed by atoms with Gasteiger partial charge in [0.05, 0.1) is 5.69 Å². The predicted octanol–water partition coefficient (Wildman–Crippen LogP) is 3.47. The summed E-state index contributed by atoms with van der Waals surface area (Å²) >= 11 is 1.24. The average Bonchev–Trinajstić information content (AvgIpc) is 3.25. The molecule has 0 aliphatic carbocycles. The SMILES string of the molecule is Cc1ccc(S(=O)(=O)O)c(N2C=C(c3cccc(F)c3)SC2C(=O)N[C@H]2CN3CCC2CC3)c1. The summed E-state index contributed by atoms with van der Waals surface area (Å²) in [5.41, 5.74) is 1.57. The van der Waals surface area contributed by atoms with Crippen molar-refractivity contribution in [2.75, 3.05) is 24.5 Å². The van der Waals surface area contributed by atoms with Crippen molar-refractivity contribution in [3.63, 3.8) is 0 Å². The second-order valence-electron chi connectivity index (χ2n) is 9.08. The van der Waals surface area contributed by atoms with Crippen molar-refractivity contribution in [2.45, 2.75) is 36.1 Å². The van der Waals surface area contributed by atoms with Crippen molar-refractivity contribution in [1.29, 1.82) is 0 Å². The lowest BCUT2D eigenvalue weighted by Crippen LogP contribution is -2.59. The maximum Gasteiger partial charge on any atom is 0.296 e. The molecule has 180 valence electrons. The quantitative estimate of drug-likeness (QED) is 0.604. The zero-order chi connectivity index (χ0) is 24.0. The van der Waals surface area contributed by atoms with Gasteiger partial charge in [-0.2, -0.15) is 8.42 Å². The van der Waals surface area contributed by atoms with E-state index in [0.29, 0.717) is 16.4 Å². The van der Waals surface area contributed by atoms with Gasteiger partial charge in [-0.1, -0.05) is 30.0 Å². The second-order valence-corrected chi connectivity index (χ2v) is 11.6. The van der Waals surface area contributed by atoms with Crippen LogP contribution >= 0.6 is 11.8 Å². The molecule has 2 atom stereocenters. The number of nitrogens with one attached hydrogen (secondary N) is 1. The lowest BCUT2D eigenvalue weighted by atomic mass is 9.84. The summed E-state index contributed by atoms with van der Waals surface area (Å²) in [7, 11) is -4.54. The highest BCUT2D eigenvalue weighted by molar-refractivity contribution is 8.09. The number of halogens is 1. The molecule has 1 amide bonds. The fourth-order valence-corrected chi connectivity index (χ4v) is 6.80. The number of hydrogen-bond donors (Lipinski definition) is 2. The molecule has 4 aliphatic heterocycles. The van der Waals surface area contributed by atoms with Crippen molar-refractivity contribution in [2.24, 2.45) is 5.92 Å². The van der Waals surface area contributed by atoms with Gasteiger partial charge < -0.3 is 15.1 Å². The number of anilines is 1. The summed E-state index contributed by atoms with van der Waals surface area (Å²) in [6, 6.07) is 10.6. The maximum atomic E-state index is 13.9. The summed E-state index contributed by atoms with van der Waals surface area (Å²) in [4.78, 5) is 17.8. The predicted molar refractivity (Wildman–Crippen MR) is 130 cm³/mol. The fraction of sp³-hybridized carbons (Fsp3) is 0.375. The van der Waals surface area contributed by atoms with Gasteiger partial charge in [0.1, 0.15) is 10.7 Å². The van der Waals surface area contributed by atoms with Crippen molar-refractivity contribution in [3.05, 3.63) is 65.6 Å². The second kappa shape index (κ2) is 8.99. The average molecular weight is 504 g/mol. The molecular weight excluding hydrogens is 477 g/mol. The number of benzene rings is 2. The van der Waals surface area contributed by atoms with Crippen LogP contribution in [0.3, 0.4) is 0 Å². The summed E-state index contributed by atoms with van der Waals surface area (Å²) in [5, 5.41) is 2.38. The third-order valence-electron chi connectivity index (χ3n) is 6.74. The van der Waals surface area contributed by atoms with E-state index in [0.717, 1.165) is 38.0 Å². The summed E-state index contributed by atoms with van der Waals surface area (Å²) < 4.78 is 48.1. The molecule has 7 nitrogen and oxygen atoms in total. The van der Waals surface area contributed by atoms with Crippen LogP contribution in [0.5, 0.6) is 0 Å². The maximum absolute atomic E-state index is 13.9. The van der Waals surface area contributed by atoms with Crippen LogP contribution in [0.4, 0.5) is 10.1 Å². The molecule has 2 bridgehead atoms. The normalized spacial score (nSPS) is 26.4. The van der Waals surface area contributed by atoms with Crippen molar-refractivity contribution >= 4 is 38.4 Å². The number of fused-ring (bicyclic) bond motifs is 3. The standard InChI is InChI=1S/C24H26FN3O4S2/c1-15-5-6-22(34(30,31)32)20(11-15)28-14-21(17-3-2-4-18(25)12-17)33-24(28)23(29)26-19-13-27-9-7-16(19)8-10-27/h2-6,11-12,14,16,19,24H,7-10,13H2,1H3,(H,26,29)(H,30,31,32)/t19-,24?/m0/s1. The molecule has 0 spiro atoms. The van der Waals surface area contributed by atoms with Crippen LogP contribution in [-0.2, 0) is 14.9 Å². The molecule has 3 saturated heterocycles. The van der Waals surface area contributed by atoms with Gasteiger partial charge in [-0.25, -0.2) is 4.39 Å². The van der Waals surface area contributed by atoms with Gasteiger partial charge in [0, 0.05) is 23.7 Å². The van der Waals surface area contributed by atoms with Gasteiger partial charge in [0.15, 0.2) is 5.37 Å². The highest BCUT2D eigenvalue weighted by Gasteiger charge is 2.40. The zero-order valence-corrected chi connectivity index (χ0v) is 20.3. The number of piperidine rings is 3. The summed E-state index contributed by atoms with van der Waals surface area (Å²) in [6.45, 7) is 4.71. The van der Waals surface area contributed by atoms with E-state index in [1.807, 2.05) is 0 Å². The molecule has 10 heteroatoms. The number of carbonyl (C=O) groups excluding carboxylic acids is 1. The molecule has 6 rings (SSSR count). The summed E-state index contributed by atoms with van der Waals surface area (Å²) in [5.74, 6) is -0.217. The van der Waals surface area contributed by atoms with Crippen LogP contribution in [0, 0.1) is 18.7 Å². The van der Waals surface area contributed by atoms with Crippen molar-refractivity contribution in [1.82, 2.24) is 10.2 Å². The first-order valence-electron chi connectivity index (χ1n) is 11.2. The van der Waals surface area contributed by atoms with E-state index in [-0.39, 0.29) is 22.5 Å². The molecular formula is C24H26FN3O4S2. The Bertz CT molecular complexity index is 1260. The largest absolute Gasteiger partial charge is 0.349 e. The highest BCUT2D eigenvalue weighted by atomic mass is 32.2. The fourth-order valence-electron chi connectivity index (χ4n) is 4.99. The Morgan fingerprint density at radius 1 is 1.18 bits per heavy atom. The van der Waals surface area contributed by atoms with Crippen LogP contribution in [-0.4, -0.2) is 54.8 Å². The van der Waals surface area contributed by atoms with Gasteiger partial charge >= 0.3 is 0 Å². The zero-order valence-electron chi connectivity index (χ0n) is 18.6. The van der Waals surface area contributed by atoms with E-state index in [1.54, 1.807) is 42.3 Å². The Morgan fingerprint density at radius 2 is 1.94 bits per heavy atom. The molecule has 4 heterocycles. The Kier molecular flexibility index (Phi) is 6.18. The van der Waals surface area contributed by atoms with Crippen molar-refractivity contribution < 1.29 is 22.2 Å². The first kappa shape index (κ1) is 23.3. The molecule has 3 fully saturated rings. The van der Waals surface area contributed by atoms with Gasteiger partial charge in [0.2, 0.25) is 0 Å². The molecule has 2 aromatic carbocycles. The number of thioether (sulfide) groups is 1. The number of carbonyl (C=O) groups is 1. The molecule has 0 aromatic heterocycles. The van der Waals surface area contributed by atoms with Gasteiger partial charge in [-0.3, -0.25) is 9.35 Å². The molecule has 2 aromatic rings. The minimum Gasteiger partial charge on any atom is -0.349 e. The Hall–Kier alpha value is -2.40. The lowest BCUT2D eigenvalue weighted by molar-refractivity contribution is -0.122. The van der Waals surface area contributed by atoms with E-state index in [1.165, 1.54) is 30.0 Å². The van der Waals surface area contributed by atoms with E-state index in [4.69, 9.17) is 0 Å². The minimum atomic E-state index is -4.54. The van der Waals surface area contributed by atoms with E-state index in [2.05, 4.69) is 10.2 Å². The number of amides is 1. The number of hydrogen-bond acceptors (Lipinski definition) is 6. The van der Waals surface area contributed by atoms with Crippen LogP contribution < -0.4 is 10.2 Å². The van der Waals surface area contributed by atoms with E-state index >= 15 is 0 Å². The molecule has 0 radical (unpaired) electrons. The monoisotopic (exact) mass is 503 g/mol. The topological polar surface area (TPSA) is 90.0 Å². The highest BCUT2D eigenvalue weighted by Crippen LogP contribution is 2.44. The molecule has 4 aliphatic rings. The smallest absolute Gasteiger partial charge is 0.296 e. The Morgan fingerprint density at radius 3 is 2.59 bits per heavy atom. The van der Waals surface area contributed by atoms with Crippen LogP contribution in [0.1, 0.15) is 24.0 Å². The van der Waals surface area contributed by atoms with E-state index in [9.17, 15) is 22.2 Å². The van der Waals surface area contributed by atoms with Crippen molar-refractivity contribution in [3.8, 4) is 0 Å². The van der Waals surface area contributed by atoms with E-state index < -0.39 is 21.3 Å². The van der Waals surface area contributed by atoms with Crippen LogP contribution in [0.25, 0.3) is 4.91 Å². The molecule has 34 heavy (non-hydrogen) atoms. The number of rotatable bonds is 5. The van der Waals surface area contributed by atoms with Crippen LogP contribution in [0.2, 0.25) is 0 Å².